The Hall–Kier alpha value is -1.59. The topological polar surface area (TPSA) is 12.5 Å². The predicted molar refractivity (Wildman–Crippen MR) is 112 cm³/mol. The van der Waals surface area contributed by atoms with Gasteiger partial charge in [0.05, 0.1) is 13.2 Å². The smallest absolute Gasteiger partial charge is 0.0810 e. The van der Waals surface area contributed by atoms with Crippen molar-refractivity contribution in [3.05, 3.63) is 59.0 Å². The zero-order valence-corrected chi connectivity index (χ0v) is 17.0. The van der Waals surface area contributed by atoms with Gasteiger partial charge in [-0.2, -0.15) is 0 Å². The van der Waals surface area contributed by atoms with Gasteiger partial charge in [0.15, 0.2) is 0 Å². The summed E-state index contributed by atoms with van der Waals surface area (Å²) in [5, 5.41) is 0. The maximum Gasteiger partial charge on any atom is 0.0810 e. The molecule has 0 bridgehead atoms. The van der Waals surface area contributed by atoms with Gasteiger partial charge in [-0.15, -0.1) is 11.3 Å². The Morgan fingerprint density at radius 3 is 2.62 bits per heavy atom. The summed E-state index contributed by atoms with van der Waals surface area (Å²) in [4.78, 5) is 7.48. The number of nitrogens with zero attached hydrogens (tertiary/aromatic N) is 1. The lowest BCUT2D eigenvalue weighted by atomic mass is 10.0. The molecule has 2 aromatic carbocycles. The maximum atomic E-state index is 5.90. The predicted octanol–water partition coefficient (Wildman–Crippen LogP) is 5.93. The maximum absolute atomic E-state index is 5.90. The van der Waals surface area contributed by atoms with Crippen LogP contribution in [0.1, 0.15) is 10.4 Å². The van der Waals surface area contributed by atoms with Crippen LogP contribution in [-0.2, 0) is 11.3 Å². The fraction of sp³-hybridized carbons (Fsp3) is 0.273. The van der Waals surface area contributed by atoms with E-state index in [1.807, 2.05) is 23.1 Å². The minimum Gasteiger partial charge on any atom is -0.375 e. The van der Waals surface area contributed by atoms with Gasteiger partial charge in [-0.3, -0.25) is 0 Å². The molecule has 1 aliphatic rings. The average molecular weight is 382 g/mol. The van der Waals surface area contributed by atoms with Crippen molar-refractivity contribution in [2.45, 2.75) is 23.3 Å². The SMILES string of the molecule is Cc1ccc2c(c1)Sc1ccccc1-c1cc(COCCN(C)C)sc1-2. The van der Waals surface area contributed by atoms with Crippen LogP contribution in [0.3, 0.4) is 0 Å². The molecule has 2 nitrogen and oxygen atoms in total. The Morgan fingerprint density at radius 2 is 1.77 bits per heavy atom. The van der Waals surface area contributed by atoms with Crippen molar-refractivity contribution < 1.29 is 4.74 Å². The molecule has 3 aromatic rings. The van der Waals surface area contributed by atoms with E-state index in [-0.39, 0.29) is 0 Å². The second-order valence-electron chi connectivity index (χ2n) is 6.91. The lowest BCUT2D eigenvalue weighted by Gasteiger charge is -2.09. The molecule has 0 unspecified atom stereocenters. The van der Waals surface area contributed by atoms with Crippen LogP contribution in [0.5, 0.6) is 0 Å². The minimum absolute atomic E-state index is 0.683. The molecular formula is C22H23NOS2. The minimum atomic E-state index is 0.683. The molecule has 0 spiro atoms. The number of hydrogen-bond donors (Lipinski definition) is 0. The lowest BCUT2D eigenvalue weighted by molar-refractivity contribution is 0.107. The van der Waals surface area contributed by atoms with Gasteiger partial charge >= 0.3 is 0 Å². The number of thiophene rings is 1. The van der Waals surface area contributed by atoms with Crippen LogP contribution in [0.4, 0.5) is 0 Å². The summed E-state index contributed by atoms with van der Waals surface area (Å²) in [6, 6.07) is 17.8. The highest BCUT2D eigenvalue weighted by Crippen LogP contribution is 2.51. The van der Waals surface area contributed by atoms with E-state index in [1.54, 1.807) is 0 Å². The van der Waals surface area contributed by atoms with Crippen molar-refractivity contribution in [3.63, 3.8) is 0 Å². The highest BCUT2D eigenvalue weighted by Gasteiger charge is 2.22. The molecule has 1 aromatic heterocycles. The van der Waals surface area contributed by atoms with Gasteiger partial charge in [0.25, 0.3) is 0 Å². The first-order valence-corrected chi connectivity index (χ1v) is 10.5. The van der Waals surface area contributed by atoms with Gasteiger partial charge < -0.3 is 9.64 Å². The Labute approximate surface area is 163 Å². The molecule has 2 heterocycles. The number of rotatable bonds is 5. The van der Waals surface area contributed by atoms with Crippen molar-refractivity contribution in [3.8, 4) is 21.6 Å². The molecule has 1 aliphatic heterocycles. The molecule has 4 rings (SSSR count). The van der Waals surface area contributed by atoms with Crippen molar-refractivity contribution in [2.24, 2.45) is 0 Å². The van der Waals surface area contributed by atoms with Crippen LogP contribution in [0.25, 0.3) is 21.6 Å². The average Bonchev–Trinajstić information content (AvgIpc) is 2.98. The number of likely N-dealkylation sites (N-methyl/N-ethyl adjacent to an activating group) is 1. The number of ether oxygens (including phenoxy) is 1. The molecular weight excluding hydrogens is 358 g/mol. The fourth-order valence-corrected chi connectivity index (χ4v) is 5.54. The van der Waals surface area contributed by atoms with E-state index in [0.717, 1.165) is 13.2 Å². The summed E-state index contributed by atoms with van der Waals surface area (Å²) in [5.41, 5.74) is 5.32. The Bertz CT molecular complexity index is 930. The number of benzene rings is 2. The Balaban J connectivity index is 1.73. The summed E-state index contributed by atoms with van der Waals surface area (Å²) >= 11 is 3.75. The normalized spacial score (nSPS) is 12.5. The third kappa shape index (κ3) is 3.60. The van der Waals surface area contributed by atoms with Crippen molar-refractivity contribution in [2.75, 3.05) is 27.2 Å². The zero-order valence-electron chi connectivity index (χ0n) is 15.4. The van der Waals surface area contributed by atoms with Crippen LogP contribution in [0.2, 0.25) is 0 Å². The third-order valence-corrected chi connectivity index (χ3v) is 6.76. The van der Waals surface area contributed by atoms with Crippen LogP contribution in [-0.4, -0.2) is 32.1 Å². The quantitative estimate of drug-likeness (QED) is 0.397. The second kappa shape index (κ2) is 7.57. The van der Waals surface area contributed by atoms with Crippen molar-refractivity contribution in [1.29, 1.82) is 0 Å². The van der Waals surface area contributed by atoms with Gasteiger partial charge in [0.1, 0.15) is 0 Å². The first-order valence-electron chi connectivity index (χ1n) is 8.85. The summed E-state index contributed by atoms with van der Waals surface area (Å²) in [7, 11) is 4.15. The number of aryl methyl sites for hydroxylation is 1. The van der Waals surface area contributed by atoms with E-state index in [9.17, 15) is 0 Å². The number of hydrogen-bond acceptors (Lipinski definition) is 4. The summed E-state index contributed by atoms with van der Waals surface area (Å²) in [6.07, 6.45) is 0. The van der Waals surface area contributed by atoms with Gasteiger partial charge in [-0.25, -0.2) is 0 Å². The van der Waals surface area contributed by atoms with E-state index < -0.39 is 0 Å². The standard InChI is InChI=1S/C22H23NOS2/c1-15-8-9-18-21(12-15)26-20-7-5-4-6-17(20)19-13-16(25-22(18)19)14-24-11-10-23(2)3/h4-9,12-13H,10-11,14H2,1-3H3. The molecule has 0 fully saturated rings. The van der Waals surface area contributed by atoms with Crippen LogP contribution in [0, 0.1) is 6.92 Å². The largest absolute Gasteiger partial charge is 0.375 e. The molecule has 0 amide bonds. The van der Waals surface area contributed by atoms with Gasteiger partial charge in [-0.05, 0) is 50.3 Å². The molecule has 0 saturated heterocycles. The molecule has 26 heavy (non-hydrogen) atoms. The molecule has 0 atom stereocenters. The Morgan fingerprint density at radius 1 is 0.923 bits per heavy atom. The van der Waals surface area contributed by atoms with Gasteiger partial charge in [0, 0.05) is 37.2 Å². The fourth-order valence-electron chi connectivity index (χ4n) is 3.13. The molecule has 0 saturated carbocycles. The van der Waals surface area contributed by atoms with E-state index >= 15 is 0 Å². The highest BCUT2D eigenvalue weighted by atomic mass is 32.2. The molecule has 4 heteroatoms. The Kier molecular flexibility index (Phi) is 5.18. The van der Waals surface area contributed by atoms with E-state index in [2.05, 4.69) is 74.4 Å². The van der Waals surface area contributed by atoms with E-state index in [1.165, 1.54) is 41.8 Å². The van der Waals surface area contributed by atoms with Crippen molar-refractivity contribution >= 4 is 23.1 Å². The lowest BCUT2D eigenvalue weighted by Crippen LogP contribution is -2.17. The van der Waals surface area contributed by atoms with E-state index in [0.29, 0.717) is 6.61 Å². The van der Waals surface area contributed by atoms with Crippen LogP contribution >= 0.6 is 23.1 Å². The monoisotopic (exact) mass is 381 g/mol. The summed E-state index contributed by atoms with van der Waals surface area (Å²) in [5.74, 6) is 0. The van der Waals surface area contributed by atoms with Crippen molar-refractivity contribution in [1.82, 2.24) is 4.90 Å². The summed E-state index contributed by atoms with van der Waals surface area (Å²) < 4.78 is 5.90. The summed E-state index contributed by atoms with van der Waals surface area (Å²) in [6.45, 7) is 4.56. The van der Waals surface area contributed by atoms with Crippen LogP contribution < -0.4 is 0 Å². The second-order valence-corrected chi connectivity index (χ2v) is 9.13. The molecule has 0 N–H and O–H groups in total. The van der Waals surface area contributed by atoms with Crippen LogP contribution in [0.15, 0.2) is 58.3 Å². The number of fused-ring (bicyclic) bond motifs is 5. The molecule has 134 valence electrons. The highest BCUT2D eigenvalue weighted by molar-refractivity contribution is 7.99. The molecule has 0 aliphatic carbocycles. The third-order valence-electron chi connectivity index (χ3n) is 4.49. The van der Waals surface area contributed by atoms with Gasteiger partial charge in [0.2, 0.25) is 0 Å². The van der Waals surface area contributed by atoms with Gasteiger partial charge in [-0.1, -0.05) is 42.1 Å². The zero-order chi connectivity index (χ0) is 18.1. The first kappa shape index (κ1) is 17.8. The van der Waals surface area contributed by atoms with E-state index in [4.69, 9.17) is 4.74 Å². The first-order chi connectivity index (χ1) is 12.6. The molecule has 0 radical (unpaired) electrons.